The quantitative estimate of drug-likeness (QED) is 0.470. The lowest BCUT2D eigenvalue weighted by Gasteiger charge is -2.34. The van der Waals surface area contributed by atoms with Crippen molar-refractivity contribution in [2.45, 2.75) is 63.6 Å². The number of alkyl halides is 3. The highest BCUT2D eigenvalue weighted by Crippen LogP contribution is 2.39. The van der Waals surface area contributed by atoms with Crippen LogP contribution in [0.1, 0.15) is 45.6 Å². The standard InChI is InChI=1S/C17H22ClF4NO3S/c1-4-27(24,25)15(6-8-17(20,21)22)23(18)13-10-14-11(9-12(13)19)5-7-16(2,3)26-14/h9-10,15H,4-8H2,1-3H3. The molecular formula is C17H22ClF4NO3S. The summed E-state index contributed by atoms with van der Waals surface area (Å²) in [6.07, 6.45) is -5.47. The average molecular weight is 432 g/mol. The van der Waals surface area contributed by atoms with Gasteiger partial charge in [0.25, 0.3) is 0 Å². The Morgan fingerprint density at radius 1 is 1.33 bits per heavy atom. The van der Waals surface area contributed by atoms with Crippen LogP contribution in [-0.4, -0.2) is 31.3 Å². The zero-order chi connectivity index (χ0) is 20.6. The molecule has 0 spiro atoms. The van der Waals surface area contributed by atoms with E-state index in [1.54, 1.807) is 0 Å². The lowest BCUT2D eigenvalue weighted by Crippen LogP contribution is -2.38. The fourth-order valence-electron chi connectivity index (χ4n) is 2.89. The first-order chi connectivity index (χ1) is 12.3. The molecule has 1 aromatic rings. The Morgan fingerprint density at radius 3 is 2.52 bits per heavy atom. The molecule has 27 heavy (non-hydrogen) atoms. The summed E-state index contributed by atoms with van der Waals surface area (Å²) >= 11 is 6.07. The van der Waals surface area contributed by atoms with Gasteiger partial charge < -0.3 is 4.74 Å². The molecular weight excluding hydrogens is 410 g/mol. The van der Waals surface area contributed by atoms with Crippen LogP contribution in [0.4, 0.5) is 23.2 Å². The monoisotopic (exact) mass is 431 g/mol. The number of fused-ring (bicyclic) bond motifs is 1. The van der Waals surface area contributed by atoms with Gasteiger partial charge in [0.2, 0.25) is 0 Å². The highest BCUT2D eigenvalue weighted by atomic mass is 35.5. The van der Waals surface area contributed by atoms with Crippen molar-refractivity contribution in [1.29, 1.82) is 0 Å². The normalized spacial score (nSPS) is 17.8. The molecule has 0 amide bonds. The Labute approximate surface area is 161 Å². The van der Waals surface area contributed by atoms with Crippen LogP contribution in [0.25, 0.3) is 0 Å². The number of halogens is 5. The molecule has 10 heteroatoms. The molecule has 2 rings (SSSR count). The maximum absolute atomic E-state index is 14.5. The van der Waals surface area contributed by atoms with Crippen molar-refractivity contribution >= 4 is 27.3 Å². The van der Waals surface area contributed by atoms with E-state index in [-0.39, 0.29) is 5.69 Å². The minimum atomic E-state index is -4.55. The Bertz CT molecular complexity index is 796. The third kappa shape index (κ3) is 5.40. The topological polar surface area (TPSA) is 46.6 Å². The van der Waals surface area contributed by atoms with Gasteiger partial charge >= 0.3 is 6.18 Å². The molecule has 0 saturated heterocycles. The molecule has 154 valence electrons. The summed E-state index contributed by atoms with van der Waals surface area (Å²) in [5.74, 6) is -0.887. The Kier molecular flexibility index (Phi) is 6.26. The Hall–Kier alpha value is -1.22. The molecule has 0 aromatic heterocycles. The smallest absolute Gasteiger partial charge is 0.389 e. The summed E-state index contributed by atoms with van der Waals surface area (Å²) in [5, 5.41) is -1.71. The first kappa shape index (κ1) is 22.1. The minimum Gasteiger partial charge on any atom is -0.487 e. The largest absolute Gasteiger partial charge is 0.487 e. The molecule has 0 bridgehead atoms. The van der Waals surface area contributed by atoms with Crippen LogP contribution >= 0.6 is 11.8 Å². The molecule has 0 aliphatic carbocycles. The molecule has 1 aromatic carbocycles. The summed E-state index contributed by atoms with van der Waals surface area (Å²) in [6, 6.07) is 2.44. The number of rotatable bonds is 6. The SMILES string of the molecule is CCS(=O)(=O)C(CCC(F)(F)F)N(Cl)c1cc2c(cc1F)CCC(C)(C)O2. The van der Waals surface area contributed by atoms with Crippen LogP contribution < -0.4 is 9.16 Å². The van der Waals surface area contributed by atoms with Gasteiger partial charge in [-0.05, 0) is 44.7 Å². The van der Waals surface area contributed by atoms with Crippen molar-refractivity contribution in [3.8, 4) is 5.75 Å². The lowest BCUT2D eigenvalue weighted by atomic mass is 9.94. The number of anilines is 1. The van der Waals surface area contributed by atoms with Gasteiger partial charge in [-0.25, -0.2) is 12.8 Å². The zero-order valence-electron chi connectivity index (χ0n) is 15.2. The van der Waals surface area contributed by atoms with Gasteiger partial charge in [0.05, 0.1) is 5.69 Å². The van der Waals surface area contributed by atoms with E-state index < -0.39 is 51.4 Å². The number of benzene rings is 1. The second kappa shape index (κ2) is 7.66. The van der Waals surface area contributed by atoms with Crippen molar-refractivity contribution < 1.29 is 30.7 Å². The average Bonchev–Trinajstić information content (AvgIpc) is 2.52. The van der Waals surface area contributed by atoms with Crippen LogP contribution in [0.3, 0.4) is 0 Å². The van der Waals surface area contributed by atoms with E-state index >= 15 is 0 Å². The van der Waals surface area contributed by atoms with Crippen LogP contribution in [0.15, 0.2) is 12.1 Å². The highest BCUT2D eigenvalue weighted by Gasteiger charge is 2.37. The second-order valence-electron chi connectivity index (χ2n) is 7.14. The van der Waals surface area contributed by atoms with Crippen molar-refractivity contribution in [3.63, 3.8) is 0 Å². The maximum atomic E-state index is 14.5. The third-order valence-electron chi connectivity index (χ3n) is 4.49. The first-order valence-corrected chi connectivity index (χ1v) is 10.6. The Balaban J connectivity index is 2.41. The van der Waals surface area contributed by atoms with Crippen LogP contribution in [0.5, 0.6) is 5.75 Å². The lowest BCUT2D eigenvalue weighted by molar-refractivity contribution is -0.135. The van der Waals surface area contributed by atoms with E-state index in [4.69, 9.17) is 16.5 Å². The van der Waals surface area contributed by atoms with E-state index in [1.807, 2.05) is 13.8 Å². The fraction of sp³-hybridized carbons (Fsp3) is 0.647. The molecule has 4 nitrogen and oxygen atoms in total. The van der Waals surface area contributed by atoms with Gasteiger partial charge in [0, 0.05) is 30.0 Å². The zero-order valence-corrected chi connectivity index (χ0v) is 16.8. The minimum absolute atomic E-state index is 0.322. The fourth-order valence-corrected chi connectivity index (χ4v) is 4.74. The molecule has 1 atom stereocenters. The van der Waals surface area contributed by atoms with Gasteiger partial charge in [-0.2, -0.15) is 13.2 Å². The number of hydrogen-bond acceptors (Lipinski definition) is 4. The summed E-state index contributed by atoms with van der Waals surface area (Å²) in [5.41, 5.74) is -0.215. The van der Waals surface area contributed by atoms with E-state index in [1.165, 1.54) is 19.1 Å². The second-order valence-corrected chi connectivity index (χ2v) is 9.96. The molecule has 1 aliphatic heterocycles. The number of ether oxygens (including phenoxy) is 1. The summed E-state index contributed by atoms with van der Waals surface area (Å²) in [6.45, 7) is 5.01. The molecule has 1 aliphatic rings. The van der Waals surface area contributed by atoms with Gasteiger partial charge in [-0.3, -0.25) is 4.42 Å². The molecule has 0 radical (unpaired) electrons. The predicted molar refractivity (Wildman–Crippen MR) is 96.3 cm³/mol. The number of hydrogen-bond donors (Lipinski definition) is 0. The number of aryl methyl sites for hydroxylation is 1. The van der Waals surface area contributed by atoms with Crippen molar-refractivity contribution in [3.05, 3.63) is 23.5 Å². The van der Waals surface area contributed by atoms with E-state index in [9.17, 15) is 26.0 Å². The van der Waals surface area contributed by atoms with E-state index in [0.717, 1.165) is 0 Å². The van der Waals surface area contributed by atoms with Gasteiger partial charge in [-0.1, -0.05) is 6.92 Å². The van der Waals surface area contributed by atoms with Gasteiger partial charge in [0.1, 0.15) is 22.5 Å². The molecule has 1 heterocycles. The predicted octanol–water partition coefficient (Wildman–Crippen LogP) is 4.99. The van der Waals surface area contributed by atoms with Gasteiger partial charge in [-0.15, -0.1) is 0 Å². The molecule has 1 unspecified atom stereocenters. The van der Waals surface area contributed by atoms with E-state index in [2.05, 4.69) is 0 Å². The molecule has 0 fully saturated rings. The van der Waals surface area contributed by atoms with Crippen LogP contribution in [0.2, 0.25) is 0 Å². The summed E-state index contributed by atoms with van der Waals surface area (Å²) < 4.78 is 83.3. The summed E-state index contributed by atoms with van der Waals surface area (Å²) in [7, 11) is -4.00. The Morgan fingerprint density at radius 2 is 1.96 bits per heavy atom. The van der Waals surface area contributed by atoms with Crippen LogP contribution in [0, 0.1) is 5.82 Å². The molecule has 0 N–H and O–H groups in total. The van der Waals surface area contributed by atoms with Crippen molar-refractivity contribution in [2.24, 2.45) is 0 Å². The number of sulfone groups is 1. The molecule has 0 saturated carbocycles. The van der Waals surface area contributed by atoms with Gasteiger partial charge in [0.15, 0.2) is 9.84 Å². The van der Waals surface area contributed by atoms with Crippen LogP contribution in [-0.2, 0) is 16.3 Å². The third-order valence-corrected chi connectivity index (χ3v) is 7.10. The first-order valence-electron chi connectivity index (χ1n) is 8.50. The van der Waals surface area contributed by atoms with E-state index in [0.29, 0.717) is 28.6 Å². The maximum Gasteiger partial charge on any atom is 0.389 e. The van der Waals surface area contributed by atoms with Crippen molar-refractivity contribution in [1.82, 2.24) is 0 Å². The van der Waals surface area contributed by atoms with Crippen molar-refractivity contribution in [2.75, 3.05) is 10.2 Å². The highest BCUT2D eigenvalue weighted by molar-refractivity contribution is 7.92. The summed E-state index contributed by atoms with van der Waals surface area (Å²) in [4.78, 5) is 0. The number of nitrogens with zero attached hydrogens (tertiary/aromatic N) is 1.